The first-order chi connectivity index (χ1) is 13.4. The van der Waals surface area contributed by atoms with Gasteiger partial charge in [-0.3, -0.25) is 4.79 Å². The van der Waals surface area contributed by atoms with Crippen LogP contribution in [-0.4, -0.2) is 46.8 Å². The number of hydrogen-bond acceptors (Lipinski definition) is 9. The van der Waals surface area contributed by atoms with Gasteiger partial charge in [0.15, 0.2) is 5.16 Å². The van der Waals surface area contributed by atoms with Crippen molar-refractivity contribution < 1.29 is 23.9 Å². The molecular formula is C18H20N4O5S. The molecule has 0 fully saturated rings. The maximum atomic E-state index is 12.1. The number of nitrogens with one attached hydrogen (secondary N) is 1. The number of nitrogens with zero attached hydrogens (tertiary/aromatic N) is 2. The number of carbonyl (C=O) groups is 3. The average Bonchev–Trinajstić information content (AvgIpc) is 2.67. The molecule has 0 unspecified atom stereocenters. The first-order valence-electron chi connectivity index (χ1n) is 8.44. The van der Waals surface area contributed by atoms with Crippen LogP contribution in [0.3, 0.4) is 0 Å². The van der Waals surface area contributed by atoms with Gasteiger partial charge in [0, 0.05) is 11.9 Å². The van der Waals surface area contributed by atoms with E-state index in [4.69, 9.17) is 15.2 Å². The van der Waals surface area contributed by atoms with Crippen molar-refractivity contribution in [2.45, 2.75) is 19.0 Å². The van der Waals surface area contributed by atoms with Gasteiger partial charge in [-0.2, -0.15) is 0 Å². The Bertz CT molecular complexity index is 858. The van der Waals surface area contributed by atoms with Gasteiger partial charge in [0.25, 0.3) is 0 Å². The number of nitrogen functional groups attached to an aromatic ring is 1. The lowest BCUT2D eigenvalue weighted by Gasteiger charge is -2.07. The minimum absolute atomic E-state index is 0.00841. The summed E-state index contributed by atoms with van der Waals surface area (Å²) in [5.41, 5.74) is 6.76. The number of amides is 1. The van der Waals surface area contributed by atoms with Crippen LogP contribution < -0.4 is 11.1 Å². The van der Waals surface area contributed by atoms with Crippen LogP contribution in [0.25, 0.3) is 0 Å². The normalized spacial score (nSPS) is 10.2. The largest absolute Gasteiger partial charge is 0.462 e. The highest BCUT2D eigenvalue weighted by Crippen LogP contribution is 2.18. The number of rotatable bonds is 8. The molecule has 28 heavy (non-hydrogen) atoms. The van der Waals surface area contributed by atoms with Gasteiger partial charge in [0.2, 0.25) is 5.91 Å². The molecule has 0 saturated carbocycles. The van der Waals surface area contributed by atoms with Crippen molar-refractivity contribution in [3.8, 4) is 0 Å². The number of aromatic nitrogens is 2. The van der Waals surface area contributed by atoms with E-state index in [0.29, 0.717) is 17.9 Å². The van der Waals surface area contributed by atoms with Gasteiger partial charge in [0.1, 0.15) is 11.4 Å². The number of anilines is 2. The van der Waals surface area contributed by atoms with Crippen LogP contribution in [0.5, 0.6) is 0 Å². The van der Waals surface area contributed by atoms with Crippen molar-refractivity contribution in [1.82, 2.24) is 9.97 Å². The molecule has 1 aromatic heterocycles. The van der Waals surface area contributed by atoms with Gasteiger partial charge in [0.05, 0.1) is 24.5 Å². The van der Waals surface area contributed by atoms with Crippen molar-refractivity contribution in [3.05, 3.63) is 41.6 Å². The Hall–Kier alpha value is -3.14. The SMILES string of the molecule is CCOC(=O)c1ccc(NC(=O)CSc2ncc(C(=O)OCC)c(N)n2)cc1. The first kappa shape index (κ1) is 21.2. The van der Waals surface area contributed by atoms with E-state index < -0.39 is 11.9 Å². The van der Waals surface area contributed by atoms with E-state index in [0.717, 1.165) is 11.8 Å². The van der Waals surface area contributed by atoms with Crippen LogP contribution in [0.2, 0.25) is 0 Å². The topological polar surface area (TPSA) is 134 Å². The molecule has 0 aliphatic carbocycles. The van der Waals surface area contributed by atoms with Crippen molar-refractivity contribution >= 4 is 41.1 Å². The summed E-state index contributed by atoms with van der Waals surface area (Å²) in [5, 5.41) is 2.96. The van der Waals surface area contributed by atoms with E-state index in [-0.39, 0.29) is 34.8 Å². The molecule has 0 saturated heterocycles. The van der Waals surface area contributed by atoms with Gasteiger partial charge < -0.3 is 20.5 Å². The number of nitrogens with two attached hydrogens (primary N) is 1. The Labute approximate surface area is 166 Å². The van der Waals surface area contributed by atoms with Crippen LogP contribution in [0, 0.1) is 0 Å². The molecule has 1 amide bonds. The number of carbonyl (C=O) groups excluding carboxylic acids is 3. The minimum Gasteiger partial charge on any atom is -0.462 e. The fraction of sp³-hybridized carbons (Fsp3) is 0.278. The quantitative estimate of drug-likeness (QED) is 0.385. The summed E-state index contributed by atoms with van der Waals surface area (Å²) in [5.74, 6) is -1.27. The van der Waals surface area contributed by atoms with Gasteiger partial charge in [-0.05, 0) is 38.1 Å². The van der Waals surface area contributed by atoms with Crippen molar-refractivity contribution in [2.24, 2.45) is 0 Å². The fourth-order valence-corrected chi connectivity index (χ4v) is 2.67. The smallest absolute Gasteiger partial charge is 0.343 e. The zero-order valence-corrected chi connectivity index (χ0v) is 16.2. The molecular weight excluding hydrogens is 384 g/mol. The molecule has 1 aromatic carbocycles. The molecule has 0 aliphatic heterocycles. The molecule has 148 valence electrons. The molecule has 0 atom stereocenters. The van der Waals surface area contributed by atoms with Crippen molar-refractivity contribution in [2.75, 3.05) is 30.0 Å². The van der Waals surface area contributed by atoms with Gasteiger partial charge in [-0.15, -0.1) is 0 Å². The summed E-state index contributed by atoms with van der Waals surface area (Å²) in [6, 6.07) is 6.35. The van der Waals surface area contributed by atoms with Crippen LogP contribution in [0.1, 0.15) is 34.6 Å². The predicted octanol–water partition coefficient (Wildman–Crippen LogP) is 2.14. The van der Waals surface area contributed by atoms with Crippen LogP contribution in [0.15, 0.2) is 35.6 Å². The molecule has 0 aliphatic rings. The van der Waals surface area contributed by atoms with Crippen molar-refractivity contribution in [1.29, 1.82) is 0 Å². The first-order valence-corrected chi connectivity index (χ1v) is 9.42. The molecule has 0 bridgehead atoms. The van der Waals surface area contributed by atoms with E-state index in [1.54, 1.807) is 38.1 Å². The number of ether oxygens (including phenoxy) is 2. The van der Waals surface area contributed by atoms with Gasteiger partial charge in [-0.25, -0.2) is 19.6 Å². The van der Waals surface area contributed by atoms with Gasteiger partial charge in [-0.1, -0.05) is 11.8 Å². The second kappa shape index (κ2) is 10.3. The number of hydrogen-bond donors (Lipinski definition) is 2. The third-order valence-corrected chi connectivity index (χ3v) is 4.17. The second-order valence-electron chi connectivity index (χ2n) is 5.31. The Balaban J connectivity index is 1.89. The highest BCUT2D eigenvalue weighted by molar-refractivity contribution is 7.99. The lowest BCUT2D eigenvalue weighted by Crippen LogP contribution is -2.15. The predicted molar refractivity (Wildman–Crippen MR) is 104 cm³/mol. The molecule has 1 heterocycles. The Kier molecular flexibility index (Phi) is 7.76. The number of esters is 2. The summed E-state index contributed by atoms with van der Waals surface area (Å²) in [7, 11) is 0. The standard InChI is InChI=1S/C18H20N4O5S/c1-3-26-16(24)11-5-7-12(8-6-11)21-14(23)10-28-18-20-9-13(15(19)22-18)17(25)27-4-2/h5-9H,3-4,10H2,1-2H3,(H,21,23)(H2,19,20,22). The van der Waals surface area contributed by atoms with E-state index in [1.807, 2.05) is 0 Å². The summed E-state index contributed by atoms with van der Waals surface area (Å²) in [6.07, 6.45) is 1.27. The zero-order valence-electron chi connectivity index (χ0n) is 15.4. The van der Waals surface area contributed by atoms with E-state index in [1.165, 1.54) is 6.20 Å². The Morgan fingerprint density at radius 2 is 1.71 bits per heavy atom. The van der Waals surface area contributed by atoms with Crippen LogP contribution >= 0.6 is 11.8 Å². The lowest BCUT2D eigenvalue weighted by molar-refractivity contribution is -0.113. The molecule has 3 N–H and O–H groups in total. The lowest BCUT2D eigenvalue weighted by atomic mass is 10.2. The Morgan fingerprint density at radius 1 is 1.07 bits per heavy atom. The molecule has 0 spiro atoms. The number of thioether (sulfide) groups is 1. The van der Waals surface area contributed by atoms with E-state index in [2.05, 4.69) is 15.3 Å². The van der Waals surface area contributed by atoms with Gasteiger partial charge >= 0.3 is 11.9 Å². The summed E-state index contributed by atoms with van der Waals surface area (Å²) in [4.78, 5) is 43.3. The third-order valence-electron chi connectivity index (χ3n) is 3.30. The Morgan fingerprint density at radius 3 is 2.32 bits per heavy atom. The maximum Gasteiger partial charge on any atom is 0.343 e. The minimum atomic E-state index is -0.597. The number of benzene rings is 1. The summed E-state index contributed by atoms with van der Waals surface area (Å²) >= 11 is 1.07. The third kappa shape index (κ3) is 5.95. The highest BCUT2D eigenvalue weighted by atomic mass is 32.2. The van der Waals surface area contributed by atoms with Crippen molar-refractivity contribution in [3.63, 3.8) is 0 Å². The highest BCUT2D eigenvalue weighted by Gasteiger charge is 2.14. The monoisotopic (exact) mass is 404 g/mol. The van der Waals surface area contributed by atoms with Crippen LogP contribution in [0.4, 0.5) is 11.5 Å². The van der Waals surface area contributed by atoms with E-state index >= 15 is 0 Å². The molecule has 2 rings (SSSR count). The fourth-order valence-electron chi connectivity index (χ4n) is 2.04. The van der Waals surface area contributed by atoms with Crippen LogP contribution in [-0.2, 0) is 14.3 Å². The average molecular weight is 404 g/mol. The summed E-state index contributed by atoms with van der Waals surface area (Å²) < 4.78 is 9.75. The second-order valence-corrected chi connectivity index (χ2v) is 6.25. The zero-order chi connectivity index (χ0) is 20.5. The molecule has 2 aromatic rings. The maximum absolute atomic E-state index is 12.1. The molecule has 0 radical (unpaired) electrons. The molecule has 10 heteroatoms. The summed E-state index contributed by atoms with van der Waals surface area (Å²) in [6.45, 7) is 3.92. The molecule has 9 nitrogen and oxygen atoms in total. The van der Waals surface area contributed by atoms with E-state index in [9.17, 15) is 14.4 Å².